The second-order valence-electron chi connectivity index (χ2n) is 8.35. The van der Waals surface area contributed by atoms with E-state index in [2.05, 4.69) is 16.8 Å². The normalized spacial score (nSPS) is 15.3. The molecule has 3 aromatic rings. The number of rotatable bonds is 6. The molecule has 1 aromatic heterocycles. The summed E-state index contributed by atoms with van der Waals surface area (Å²) in [6.07, 6.45) is -0.191. The van der Waals surface area contributed by atoms with Crippen LogP contribution in [0.1, 0.15) is 37.1 Å². The number of carboxylic acid groups (broad SMARTS) is 1. The number of aliphatic hydroxyl groups is 1. The average molecular weight is 468 g/mol. The summed E-state index contributed by atoms with van der Waals surface area (Å²) in [5.41, 5.74) is -1.45. The number of hydrogen-bond acceptors (Lipinski definition) is 4. The number of fused-ring (bicyclic) bond motifs is 1. The highest BCUT2D eigenvalue weighted by Gasteiger charge is 2.72. The van der Waals surface area contributed by atoms with E-state index >= 15 is 0 Å². The minimum absolute atomic E-state index is 0.0701. The van der Waals surface area contributed by atoms with E-state index < -0.39 is 30.6 Å². The second-order valence-corrected chi connectivity index (χ2v) is 9.57. The second kappa shape index (κ2) is 9.36. The Morgan fingerprint density at radius 2 is 1.88 bits per heavy atom. The van der Waals surface area contributed by atoms with Crippen LogP contribution in [0.5, 0.6) is 0 Å². The third-order valence-electron chi connectivity index (χ3n) is 5.47. The number of nitrogens with zero attached hydrogens (tertiary/aromatic N) is 1. The Labute approximate surface area is 192 Å². The highest BCUT2D eigenvalue weighted by molar-refractivity contribution is 7.42. The summed E-state index contributed by atoms with van der Waals surface area (Å²) in [7, 11) is -3.57. The van der Waals surface area contributed by atoms with E-state index in [4.69, 9.17) is 0 Å². The largest absolute Gasteiger partial charge is 0.541 e. The van der Waals surface area contributed by atoms with Gasteiger partial charge in [0.1, 0.15) is 5.82 Å². The lowest BCUT2D eigenvalue weighted by atomic mass is 9.77. The zero-order chi connectivity index (χ0) is 24.4. The van der Waals surface area contributed by atoms with Crippen molar-refractivity contribution in [2.45, 2.75) is 37.9 Å². The Bertz CT molecular complexity index is 1280. The molecule has 33 heavy (non-hydrogen) atoms. The van der Waals surface area contributed by atoms with Crippen LogP contribution in [0.3, 0.4) is 0 Å². The predicted molar refractivity (Wildman–Crippen MR) is 123 cm³/mol. The number of hydrogen-bond donors (Lipinski definition) is 3. The van der Waals surface area contributed by atoms with Crippen LogP contribution < -0.4 is 0 Å². The van der Waals surface area contributed by atoms with Gasteiger partial charge in [-0.05, 0) is 65.6 Å². The Morgan fingerprint density at radius 3 is 2.48 bits per heavy atom. The van der Waals surface area contributed by atoms with Crippen LogP contribution in [-0.4, -0.2) is 31.2 Å². The molecule has 8 heteroatoms. The van der Waals surface area contributed by atoms with Crippen LogP contribution in [0.15, 0.2) is 54.6 Å². The van der Waals surface area contributed by atoms with Crippen molar-refractivity contribution in [1.82, 2.24) is 4.98 Å². The number of pyridine rings is 1. The molecule has 0 fully saturated rings. The van der Waals surface area contributed by atoms with Crippen molar-refractivity contribution in [2.75, 3.05) is 0 Å². The van der Waals surface area contributed by atoms with Gasteiger partial charge in [0, 0.05) is 10.9 Å². The molecular formula is C25H24FNO5P+. The van der Waals surface area contributed by atoms with Gasteiger partial charge in [0.05, 0.1) is 11.2 Å². The highest BCUT2D eigenvalue weighted by Crippen LogP contribution is 2.51. The maximum Gasteiger partial charge on any atom is 0.541 e. The first-order valence-electron chi connectivity index (χ1n) is 10.3. The molecule has 0 aliphatic heterocycles. The SMILES string of the molecule is Cc1cc(C#CC(C(=O)O)([P+](=O)O)C(O)(CC(C)C)c2ccc3ccccc3n2)ccc1F. The van der Waals surface area contributed by atoms with Crippen molar-refractivity contribution in [1.29, 1.82) is 0 Å². The summed E-state index contributed by atoms with van der Waals surface area (Å²) in [5.74, 6) is 2.48. The minimum Gasteiger partial charge on any atom is -0.477 e. The number of para-hydroxylation sites is 1. The first-order chi connectivity index (χ1) is 15.5. The Morgan fingerprint density at radius 1 is 1.18 bits per heavy atom. The van der Waals surface area contributed by atoms with Crippen molar-refractivity contribution >= 4 is 24.9 Å². The molecule has 0 amide bonds. The quantitative estimate of drug-likeness (QED) is 0.363. The Balaban J connectivity index is 2.31. The zero-order valence-corrected chi connectivity index (χ0v) is 19.3. The van der Waals surface area contributed by atoms with E-state index in [1.165, 1.54) is 31.2 Å². The molecule has 3 atom stereocenters. The average Bonchev–Trinajstić information content (AvgIpc) is 2.75. The van der Waals surface area contributed by atoms with Crippen LogP contribution in [0.2, 0.25) is 0 Å². The Hall–Kier alpha value is -3.17. The molecule has 2 aromatic carbocycles. The molecule has 0 saturated heterocycles. The van der Waals surface area contributed by atoms with E-state index in [1.54, 1.807) is 38.1 Å². The topological polar surface area (TPSA) is 108 Å². The number of aryl methyl sites for hydroxylation is 1. The summed E-state index contributed by atoms with van der Waals surface area (Å²) < 4.78 is 26.3. The van der Waals surface area contributed by atoms with Gasteiger partial charge in [-0.1, -0.05) is 44.0 Å². The molecule has 6 nitrogen and oxygen atoms in total. The van der Waals surface area contributed by atoms with Crippen molar-refractivity contribution < 1.29 is 28.9 Å². The highest BCUT2D eigenvalue weighted by atomic mass is 31.1. The molecule has 1 heterocycles. The third kappa shape index (κ3) is 4.51. The fourth-order valence-electron chi connectivity index (χ4n) is 3.83. The molecule has 0 bridgehead atoms. The van der Waals surface area contributed by atoms with E-state index in [9.17, 15) is 28.9 Å². The minimum atomic E-state index is -3.57. The van der Waals surface area contributed by atoms with Crippen molar-refractivity contribution in [3.63, 3.8) is 0 Å². The first kappa shape index (κ1) is 24.5. The molecule has 0 spiro atoms. The maximum absolute atomic E-state index is 13.6. The van der Waals surface area contributed by atoms with Gasteiger partial charge in [-0.2, -0.15) is 4.89 Å². The standard InChI is InChI=1S/C25H23FNO5P/c1-16(2)15-24(30,22-11-9-19-6-4-5-7-21(19)27-22)25(23(28)29,33(31)32)13-12-18-8-10-20(26)17(3)14-18/h4-11,14,16,30H,15H2,1-3H3,(H-,28,29,31,32)/p+1. The van der Waals surface area contributed by atoms with Gasteiger partial charge in [-0.15, -0.1) is 0 Å². The predicted octanol–water partition coefficient (Wildman–Crippen LogP) is 4.53. The van der Waals surface area contributed by atoms with Gasteiger partial charge in [0.25, 0.3) is 0 Å². The molecule has 170 valence electrons. The lowest BCUT2D eigenvalue weighted by molar-refractivity contribution is -0.147. The molecule has 0 radical (unpaired) electrons. The van der Waals surface area contributed by atoms with E-state index in [0.29, 0.717) is 5.52 Å². The lowest BCUT2D eigenvalue weighted by Gasteiger charge is -2.33. The van der Waals surface area contributed by atoms with Crippen molar-refractivity contribution in [2.24, 2.45) is 5.92 Å². The number of benzene rings is 2. The van der Waals surface area contributed by atoms with Gasteiger partial charge >= 0.3 is 19.2 Å². The molecule has 0 saturated carbocycles. The van der Waals surface area contributed by atoms with Crippen LogP contribution in [0.4, 0.5) is 4.39 Å². The molecule has 0 aliphatic rings. The van der Waals surface area contributed by atoms with Crippen LogP contribution in [0.25, 0.3) is 10.9 Å². The fourth-order valence-corrected chi connectivity index (χ4v) is 4.67. The third-order valence-corrected chi connectivity index (χ3v) is 6.71. The first-order valence-corrected chi connectivity index (χ1v) is 11.5. The number of aliphatic carboxylic acids is 1. The molecule has 3 rings (SSSR count). The number of halogens is 1. The van der Waals surface area contributed by atoms with E-state index in [1.807, 2.05) is 6.07 Å². The zero-order valence-electron chi connectivity index (χ0n) is 18.4. The number of carbonyl (C=O) groups is 1. The van der Waals surface area contributed by atoms with Gasteiger partial charge in [0.2, 0.25) is 0 Å². The number of carboxylic acids is 1. The van der Waals surface area contributed by atoms with Gasteiger partial charge in [-0.3, -0.25) is 0 Å². The van der Waals surface area contributed by atoms with Crippen LogP contribution >= 0.6 is 8.03 Å². The molecule has 0 aliphatic carbocycles. The van der Waals surface area contributed by atoms with Crippen molar-refractivity contribution in [3.8, 4) is 11.8 Å². The van der Waals surface area contributed by atoms with E-state index in [0.717, 1.165) is 5.39 Å². The lowest BCUT2D eigenvalue weighted by Crippen LogP contribution is -2.55. The molecular weight excluding hydrogens is 444 g/mol. The van der Waals surface area contributed by atoms with Crippen LogP contribution in [-0.2, 0) is 15.0 Å². The summed E-state index contributed by atoms with van der Waals surface area (Å²) in [6, 6.07) is 14.1. The van der Waals surface area contributed by atoms with Gasteiger partial charge < -0.3 is 10.2 Å². The summed E-state index contributed by atoms with van der Waals surface area (Å²) in [4.78, 5) is 27.3. The van der Waals surface area contributed by atoms with Gasteiger partial charge in [0.15, 0.2) is 5.60 Å². The summed E-state index contributed by atoms with van der Waals surface area (Å²) >= 11 is 0. The summed E-state index contributed by atoms with van der Waals surface area (Å²) in [6.45, 7) is 5.02. The maximum atomic E-state index is 13.6. The molecule has 3 unspecified atom stereocenters. The van der Waals surface area contributed by atoms with E-state index in [-0.39, 0.29) is 29.2 Å². The summed E-state index contributed by atoms with van der Waals surface area (Å²) in [5, 5.41) is 20.1. The van der Waals surface area contributed by atoms with Gasteiger partial charge in [-0.25, -0.2) is 14.2 Å². The molecule has 3 N–H and O–H groups in total. The van der Waals surface area contributed by atoms with Crippen molar-refractivity contribution in [3.05, 3.63) is 77.2 Å². The monoisotopic (exact) mass is 468 g/mol. The smallest absolute Gasteiger partial charge is 0.477 e. The fraction of sp³-hybridized carbons (Fsp3) is 0.280. The number of aromatic nitrogens is 1. The van der Waals surface area contributed by atoms with Crippen LogP contribution in [0, 0.1) is 30.5 Å². The Kier molecular flexibility index (Phi) is 6.94.